The molecule has 0 saturated heterocycles. The summed E-state index contributed by atoms with van der Waals surface area (Å²) >= 11 is 0. The molecule has 1 aliphatic carbocycles. The number of rotatable bonds is 6. The molecule has 1 atom stereocenters. The van der Waals surface area contributed by atoms with Crippen LogP contribution in [0.25, 0.3) is 0 Å². The lowest BCUT2D eigenvalue weighted by Crippen LogP contribution is -2.19. The molecule has 1 aromatic carbocycles. The average Bonchev–Trinajstić information content (AvgIpc) is 3.08. The van der Waals surface area contributed by atoms with Crippen molar-refractivity contribution in [1.29, 1.82) is 0 Å². The van der Waals surface area contributed by atoms with E-state index in [9.17, 15) is 4.21 Å². The molecule has 1 aliphatic rings. The van der Waals surface area contributed by atoms with Gasteiger partial charge in [-0.2, -0.15) is 0 Å². The molecular weight excluding hydrogens is 218 g/mol. The minimum absolute atomic E-state index is 0.756. The quantitative estimate of drug-likeness (QED) is 0.769. The second-order valence-corrected chi connectivity index (χ2v) is 5.94. The van der Waals surface area contributed by atoms with Crippen molar-refractivity contribution in [2.75, 3.05) is 12.3 Å². The second kappa shape index (κ2) is 5.60. The molecule has 1 N–H and O–H groups in total. The van der Waals surface area contributed by atoms with Crippen LogP contribution < -0.4 is 5.32 Å². The van der Waals surface area contributed by atoms with Gasteiger partial charge in [-0.1, -0.05) is 18.2 Å². The standard InChI is InChI=1S/C13H19NOS/c1-11-5-2-3-6-13(11)16(15)10-4-9-14-12-7-8-12/h2-3,5-6,12,14H,4,7-10H2,1H3. The minimum Gasteiger partial charge on any atom is -0.314 e. The molecule has 1 saturated carbocycles. The number of hydrogen-bond donors (Lipinski definition) is 1. The molecule has 0 radical (unpaired) electrons. The van der Waals surface area contributed by atoms with Gasteiger partial charge in [0.1, 0.15) is 0 Å². The van der Waals surface area contributed by atoms with Crippen LogP contribution in [0.5, 0.6) is 0 Å². The van der Waals surface area contributed by atoms with E-state index in [1.807, 2.05) is 31.2 Å². The van der Waals surface area contributed by atoms with Gasteiger partial charge in [-0.05, 0) is 44.4 Å². The monoisotopic (exact) mass is 237 g/mol. The summed E-state index contributed by atoms with van der Waals surface area (Å²) in [5.74, 6) is 0.768. The molecule has 0 aromatic heterocycles. The maximum absolute atomic E-state index is 12.0. The Kier molecular flexibility index (Phi) is 4.13. The van der Waals surface area contributed by atoms with Gasteiger partial charge in [-0.25, -0.2) is 0 Å². The second-order valence-electron chi connectivity index (χ2n) is 4.40. The number of aryl methyl sites for hydroxylation is 1. The van der Waals surface area contributed by atoms with Gasteiger partial charge in [0.2, 0.25) is 0 Å². The van der Waals surface area contributed by atoms with Crippen LogP contribution in [0.3, 0.4) is 0 Å². The third-order valence-electron chi connectivity index (χ3n) is 2.86. The van der Waals surface area contributed by atoms with Crippen LogP contribution in [-0.4, -0.2) is 22.5 Å². The van der Waals surface area contributed by atoms with Crippen molar-refractivity contribution >= 4 is 10.8 Å². The van der Waals surface area contributed by atoms with Crippen molar-refractivity contribution in [3.05, 3.63) is 29.8 Å². The van der Waals surface area contributed by atoms with Crippen molar-refractivity contribution in [1.82, 2.24) is 5.32 Å². The van der Waals surface area contributed by atoms with Crippen LogP contribution in [0.1, 0.15) is 24.8 Å². The van der Waals surface area contributed by atoms with Crippen LogP contribution in [-0.2, 0) is 10.8 Å². The van der Waals surface area contributed by atoms with Gasteiger partial charge in [0, 0.05) is 16.7 Å². The third kappa shape index (κ3) is 3.42. The van der Waals surface area contributed by atoms with Crippen LogP contribution in [0.15, 0.2) is 29.2 Å². The molecule has 0 spiro atoms. The summed E-state index contributed by atoms with van der Waals surface area (Å²) in [5.41, 5.74) is 1.14. The molecule has 88 valence electrons. The van der Waals surface area contributed by atoms with Crippen molar-refractivity contribution in [2.45, 2.75) is 37.1 Å². The lowest BCUT2D eigenvalue weighted by Gasteiger charge is -2.06. The first-order valence-electron chi connectivity index (χ1n) is 5.95. The Morgan fingerprint density at radius 3 is 2.81 bits per heavy atom. The lowest BCUT2D eigenvalue weighted by atomic mass is 10.2. The molecule has 3 heteroatoms. The van der Waals surface area contributed by atoms with Crippen LogP contribution in [0.2, 0.25) is 0 Å². The summed E-state index contributed by atoms with van der Waals surface area (Å²) in [7, 11) is -0.829. The van der Waals surface area contributed by atoms with Gasteiger partial charge in [0.25, 0.3) is 0 Å². The summed E-state index contributed by atoms with van der Waals surface area (Å²) in [6, 6.07) is 8.70. The molecule has 2 nitrogen and oxygen atoms in total. The summed E-state index contributed by atoms with van der Waals surface area (Å²) in [4.78, 5) is 0.994. The fourth-order valence-electron chi connectivity index (χ4n) is 1.72. The molecule has 1 aromatic rings. The molecule has 0 amide bonds. The summed E-state index contributed by atoms with van der Waals surface area (Å²) < 4.78 is 12.0. The highest BCUT2D eigenvalue weighted by atomic mass is 32.2. The molecule has 0 bridgehead atoms. The molecular formula is C13H19NOS. The zero-order chi connectivity index (χ0) is 11.4. The highest BCUT2D eigenvalue weighted by Gasteiger charge is 2.19. The topological polar surface area (TPSA) is 29.1 Å². The van der Waals surface area contributed by atoms with E-state index in [1.165, 1.54) is 12.8 Å². The van der Waals surface area contributed by atoms with E-state index in [1.54, 1.807) is 0 Å². The van der Waals surface area contributed by atoms with E-state index in [4.69, 9.17) is 0 Å². The van der Waals surface area contributed by atoms with Crippen LogP contribution in [0.4, 0.5) is 0 Å². The van der Waals surface area contributed by atoms with Gasteiger partial charge in [-0.3, -0.25) is 4.21 Å². The van der Waals surface area contributed by atoms with E-state index in [-0.39, 0.29) is 0 Å². The van der Waals surface area contributed by atoms with E-state index >= 15 is 0 Å². The summed E-state index contributed by atoms with van der Waals surface area (Å²) in [6.07, 6.45) is 3.64. The fraction of sp³-hybridized carbons (Fsp3) is 0.538. The van der Waals surface area contributed by atoms with E-state index < -0.39 is 10.8 Å². The largest absolute Gasteiger partial charge is 0.314 e. The van der Waals surface area contributed by atoms with Crippen LogP contribution >= 0.6 is 0 Å². The van der Waals surface area contributed by atoms with Gasteiger partial charge in [0.05, 0.1) is 10.8 Å². The highest BCUT2D eigenvalue weighted by molar-refractivity contribution is 7.85. The maximum Gasteiger partial charge on any atom is 0.0532 e. The highest BCUT2D eigenvalue weighted by Crippen LogP contribution is 2.18. The Morgan fingerprint density at radius 2 is 2.12 bits per heavy atom. The predicted octanol–water partition coefficient (Wildman–Crippen LogP) is 2.24. The molecule has 2 rings (SSSR count). The van der Waals surface area contributed by atoms with Crippen molar-refractivity contribution < 1.29 is 4.21 Å². The summed E-state index contributed by atoms with van der Waals surface area (Å²) in [6.45, 7) is 3.03. The molecule has 1 unspecified atom stereocenters. The Morgan fingerprint density at radius 1 is 1.38 bits per heavy atom. The van der Waals surface area contributed by atoms with Crippen LogP contribution in [0, 0.1) is 6.92 Å². The predicted molar refractivity (Wildman–Crippen MR) is 68.1 cm³/mol. The van der Waals surface area contributed by atoms with Gasteiger partial charge in [-0.15, -0.1) is 0 Å². The molecule has 0 aliphatic heterocycles. The Labute approximate surface area is 99.9 Å². The first-order valence-corrected chi connectivity index (χ1v) is 7.26. The number of hydrogen-bond acceptors (Lipinski definition) is 2. The molecule has 1 fully saturated rings. The normalized spacial score (nSPS) is 17.3. The van der Waals surface area contributed by atoms with E-state index in [0.29, 0.717) is 0 Å². The smallest absolute Gasteiger partial charge is 0.0532 e. The fourth-order valence-corrected chi connectivity index (χ4v) is 3.00. The van der Waals surface area contributed by atoms with Gasteiger partial charge >= 0.3 is 0 Å². The summed E-state index contributed by atoms with van der Waals surface area (Å²) in [5, 5.41) is 3.44. The van der Waals surface area contributed by atoms with Gasteiger partial charge in [0.15, 0.2) is 0 Å². The molecule has 0 heterocycles. The van der Waals surface area contributed by atoms with Crippen molar-refractivity contribution in [3.8, 4) is 0 Å². The van der Waals surface area contributed by atoms with E-state index in [0.717, 1.165) is 35.2 Å². The Balaban J connectivity index is 1.76. The zero-order valence-electron chi connectivity index (χ0n) is 9.74. The minimum atomic E-state index is -0.829. The first kappa shape index (κ1) is 11.8. The Hall–Kier alpha value is -0.670. The molecule has 16 heavy (non-hydrogen) atoms. The van der Waals surface area contributed by atoms with Crippen molar-refractivity contribution in [3.63, 3.8) is 0 Å². The zero-order valence-corrected chi connectivity index (χ0v) is 10.6. The maximum atomic E-state index is 12.0. The van der Waals surface area contributed by atoms with Gasteiger partial charge < -0.3 is 5.32 Å². The Bertz CT molecular complexity index is 374. The van der Waals surface area contributed by atoms with Crippen molar-refractivity contribution in [2.24, 2.45) is 0 Å². The number of benzene rings is 1. The SMILES string of the molecule is Cc1ccccc1S(=O)CCCNC1CC1. The van der Waals surface area contributed by atoms with E-state index in [2.05, 4.69) is 5.32 Å². The lowest BCUT2D eigenvalue weighted by molar-refractivity contribution is 0.657. The average molecular weight is 237 g/mol. The third-order valence-corrected chi connectivity index (χ3v) is 4.46. The number of nitrogens with one attached hydrogen (secondary N) is 1. The first-order chi connectivity index (χ1) is 7.77.